The lowest BCUT2D eigenvalue weighted by atomic mass is 10.1. The second-order valence-electron chi connectivity index (χ2n) is 3.88. The molecular formula is C14H7ClF2N2O. The molecule has 0 unspecified atom stereocenters. The lowest BCUT2D eigenvalue weighted by Crippen LogP contribution is -2.14. The summed E-state index contributed by atoms with van der Waals surface area (Å²) >= 11 is 5.87. The van der Waals surface area contributed by atoms with Gasteiger partial charge in [-0.3, -0.25) is 4.79 Å². The highest BCUT2D eigenvalue weighted by Crippen LogP contribution is 2.23. The highest BCUT2D eigenvalue weighted by atomic mass is 35.5. The lowest BCUT2D eigenvalue weighted by molar-refractivity contribution is 0.102. The van der Waals surface area contributed by atoms with Gasteiger partial charge in [-0.05, 0) is 30.3 Å². The third-order valence-corrected chi connectivity index (χ3v) is 2.85. The molecule has 0 bridgehead atoms. The number of nitrogens with zero attached hydrogens (tertiary/aromatic N) is 1. The van der Waals surface area contributed by atoms with Crippen molar-refractivity contribution in [1.29, 1.82) is 5.26 Å². The van der Waals surface area contributed by atoms with Crippen molar-refractivity contribution >= 4 is 23.2 Å². The molecule has 0 aliphatic heterocycles. The first-order valence-electron chi connectivity index (χ1n) is 5.47. The minimum atomic E-state index is -0.977. The predicted molar refractivity (Wildman–Crippen MR) is 70.5 cm³/mol. The molecule has 20 heavy (non-hydrogen) atoms. The molecule has 0 saturated heterocycles. The molecule has 2 rings (SSSR count). The van der Waals surface area contributed by atoms with E-state index in [1.54, 1.807) is 0 Å². The third kappa shape index (κ3) is 2.92. The Balaban J connectivity index is 2.30. The summed E-state index contributed by atoms with van der Waals surface area (Å²) in [5.74, 6) is -2.53. The number of anilines is 1. The number of rotatable bonds is 2. The van der Waals surface area contributed by atoms with Crippen molar-refractivity contribution < 1.29 is 13.6 Å². The summed E-state index contributed by atoms with van der Waals surface area (Å²) in [6.07, 6.45) is 0. The van der Waals surface area contributed by atoms with Gasteiger partial charge in [-0.2, -0.15) is 5.26 Å². The van der Waals surface area contributed by atoms with Crippen LogP contribution >= 0.6 is 11.6 Å². The van der Waals surface area contributed by atoms with Crippen LogP contribution in [0.5, 0.6) is 0 Å². The average Bonchev–Trinajstić information content (AvgIpc) is 2.41. The van der Waals surface area contributed by atoms with Crippen LogP contribution in [-0.4, -0.2) is 5.91 Å². The number of amides is 1. The molecule has 1 amide bonds. The molecule has 0 heterocycles. The Labute approximate surface area is 118 Å². The van der Waals surface area contributed by atoms with E-state index in [0.29, 0.717) is 11.6 Å². The van der Waals surface area contributed by atoms with E-state index in [0.717, 1.165) is 12.1 Å². The van der Waals surface area contributed by atoms with Gasteiger partial charge in [-0.25, -0.2) is 8.78 Å². The Hall–Kier alpha value is -2.45. The van der Waals surface area contributed by atoms with Crippen LogP contribution in [0, 0.1) is 23.0 Å². The van der Waals surface area contributed by atoms with E-state index >= 15 is 0 Å². The quantitative estimate of drug-likeness (QED) is 0.916. The molecule has 0 aliphatic rings. The molecule has 100 valence electrons. The maximum Gasteiger partial charge on any atom is 0.258 e. The van der Waals surface area contributed by atoms with Gasteiger partial charge in [-0.1, -0.05) is 11.6 Å². The zero-order valence-corrected chi connectivity index (χ0v) is 10.7. The van der Waals surface area contributed by atoms with Crippen molar-refractivity contribution in [2.45, 2.75) is 0 Å². The molecule has 1 N–H and O–H groups in total. The summed E-state index contributed by atoms with van der Waals surface area (Å²) in [6.45, 7) is 0. The lowest BCUT2D eigenvalue weighted by Gasteiger charge is -2.08. The van der Waals surface area contributed by atoms with E-state index in [1.807, 2.05) is 6.07 Å². The minimum absolute atomic E-state index is 0.180. The molecule has 2 aromatic rings. The summed E-state index contributed by atoms with van der Waals surface area (Å²) in [6, 6.07) is 8.80. The van der Waals surface area contributed by atoms with Crippen molar-refractivity contribution in [1.82, 2.24) is 0 Å². The van der Waals surface area contributed by atoms with Gasteiger partial charge in [-0.15, -0.1) is 0 Å². The Morgan fingerprint density at radius 2 is 1.95 bits per heavy atom. The second-order valence-corrected chi connectivity index (χ2v) is 4.29. The molecule has 0 aliphatic carbocycles. The van der Waals surface area contributed by atoms with E-state index in [4.69, 9.17) is 16.9 Å². The normalized spacial score (nSPS) is 9.90. The van der Waals surface area contributed by atoms with Crippen LogP contribution in [0.4, 0.5) is 14.5 Å². The van der Waals surface area contributed by atoms with Crippen LogP contribution in [0.25, 0.3) is 0 Å². The largest absolute Gasteiger partial charge is 0.320 e. The van der Waals surface area contributed by atoms with Gasteiger partial charge in [0, 0.05) is 6.07 Å². The zero-order valence-electron chi connectivity index (χ0n) is 9.95. The number of nitrogens with one attached hydrogen (secondary N) is 1. The number of nitriles is 1. The maximum atomic E-state index is 13.5. The Morgan fingerprint density at radius 3 is 2.60 bits per heavy atom. The molecule has 2 aromatic carbocycles. The molecule has 0 atom stereocenters. The number of benzene rings is 2. The Bertz CT molecular complexity index is 726. The topological polar surface area (TPSA) is 52.9 Å². The van der Waals surface area contributed by atoms with Gasteiger partial charge in [0.1, 0.15) is 11.6 Å². The van der Waals surface area contributed by atoms with Crippen molar-refractivity contribution in [2.24, 2.45) is 0 Å². The monoisotopic (exact) mass is 292 g/mol. The first-order chi connectivity index (χ1) is 9.51. The fourth-order valence-corrected chi connectivity index (χ4v) is 1.72. The van der Waals surface area contributed by atoms with Crippen molar-refractivity contribution in [3.63, 3.8) is 0 Å². The number of carbonyl (C=O) groups excluding carboxylic acids is 1. The Morgan fingerprint density at radius 1 is 1.20 bits per heavy atom. The van der Waals surface area contributed by atoms with Crippen molar-refractivity contribution in [2.75, 3.05) is 5.32 Å². The average molecular weight is 293 g/mol. The van der Waals surface area contributed by atoms with Gasteiger partial charge >= 0.3 is 0 Å². The van der Waals surface area contributed by atoms with Crippen LogP contribution < -0.4 is 5.32 Å². The number of carbonyl (C=O) groups is 1. The smallest absolute Gasteiger partial charge is 0.258 e. The summed E-state index contributed by atoms with van der Waals surface area (Å²) in [5.41, 5.74) is 0.161. The van der Waals surface area contributed by atoms with Gasteiger partial charge < -0.3 is 5.32 Å². The van der Waals surface area contributed by atoms with Gasteiger partial charge in [0.05, 0.1) is 27.9 Å². The standard InChI is InChI=1S/C14H7ClF2N2O/c15-11-4-1-8(7-18)5-13(11)19-14(20)10-3-2-9(16)6-12(10)17/h1-6H,(H,19,20). The van der Waals surface area contributed by atoms with Crippen LogP contribution in [0.2, 0.25) is 5.02 Å². The molecule has 6 heteroatoms. The maximum absolute atomic E-state index is 13.5. The van der Waals surface area contributed by atoms with E-state index in [9.17, 15) is 13.6 Å². The first kappa shape index (κ1) is 14.0. The van der Waals surface area contributed by atoms with Crippen LogP contribution in [-0.2, 0) is 0 Å². The van der Waals surface area contributed by atoms with E-state index in [2.05, 4.69) is 5.32 Å². The summed E-state index contributed by atoms with van der Waals surface area (Å²) in [5, 5.41) is 11.4. The summed E-state index contributed by atoms with van der Waals surface area (Å²) < 4.78 is 26.2. The van der Waals surface area contributed by atoms with Gasteiger partial charge in [0.2, 0.25) is 0 Å². The SMILES string of the molecule is N#Cc1ccc(Cl)c(NC(=O)c2ccc(F)cc2F)c1. The summed E-state index contributed by atoms with van der Waals surface area (Å²) in [7, 11) is 0. The van der Waals surface area contributed by atoms with Crippen LogP contribution in [0.1, 0.15) is 15.9 Å². The molecule has 0 fully saturated rings. The van der Waals surface area contributed by atoms with E-state index in [-0.39, 0.29) is 16.3 Å². The number of hydrogen-bond donors (Lipinski definition) is 1. The number of halogens is 3. The summed E-state index contributed by atoms with van der Waals surface area (Å²) in [4.78, 5) is 11.9. The molecule has 0 aromatic heterocycles. The van der Waals surface area contributed by atoms with E-state index in [1.165, 1.54) is 18.2 Å². The second kappa shape index (κ2) is 5.68. The molecular weight excluding hydrogens is 286 g/mol. The molecule has 0 spiro atoms. The van der Waals surface area contributed by atoms with Crippen molar-refractivity contribution in [3.8, 4) is 6.07 Å². The van der Waals surface area contributed by atoms with Crippen LogP contribution in [0.3, 0.4) is 0 Å². The zero-order chi connectivity index (χ0) is 14.7. The first-order valence-corrected chi connectivity index (χ1v) is 5.85. The highest BCUT2D eigenvalue weighted by Gasteiger charge is 2.14. The fraction of sp³-hybridized carbons (Fsp3) is 0. The Kier molecular flexibility index (Phi) is 3.97. The van der Waals surface area contributed by atoms with Crippen LogP contribution in [0.15, 0.2) is 36.4 Å². The van der Waals surface area contributed by atoms with Crippen molar-refractivity contribution in [3.05, 3.63) is 64.2 Å². The van der Waals surface area contributed by atoms with Gasteiger partial charge in [0.15, 0.2) is 0 Å². The third-order valence-electron chi connectivity index (χ3n) is 2.52. The van der Waals surface area contributed by atoms with Gasteiger partial charge in [0.25, 0.3) is 5.91 Å². The fourth-order valence-electron chi connectivity index (χ4n) is 1.55. The molecule has 3 nitrogen and oxygen atoms in total. The predicted octanol–water partition coefficient (Wildman–Crippen LogP) is 3.74. The highest BCUT2D eigenvalue weighted by molar-refractivity contribution is 6.34. The molecule has 0 saturated carbocycles. The van der Waals surface area contributed by atoms with E-state index < -0.39 is 17.5 Å². The minimum Gasteiger partial charge on any atom is -0.320 e. The molecule has 0 radical (unpaired) electrons. The number of hydrogen-bond acceptors (Lipinski definition) is 2.